The molecule has 142 valence electrons. The molecular formula is C19H29IN6. The lowest BCUT2D eigenvalue weighted by molar-refractivity contribution is 0.371. The average molecular weight is 468 g/mol. The molecule has 1 fully saturated rings. The van der Waals surface area contributed by atoms with E-state index in [-0.39, 0.29) is 24.0 Å². The van der Waals surface area contributed by atoms with Crippen LogP contribution >= 0.6 is 24.0 Å². The minimum Gasteiger partial charge on any atom is -0.368 e. The van der Waals surface area contributed by atoms with Gasteiger partial charge >= 0.3 is 0 Å². The number of hydrogen-bond acceptors (Lipinski definition) is 3. The standard InChI is InChI=1S/C19H28N6.HI/c1-16-5-4-6-18(13-16)23-9-11-24(12-10-23)19(20-3)21-7-8-25-15-17(2)14-22-25;/h4-6,13-15H,7-12H2,1-3H3,(H,20,21);1H. The van der Waals surface area contributed by atoms with Gasteiger partial charge in [0.1, 0.15) is 0 Å². The number of halogens is 1. The third-order valence-corrected chi connectivity index (χ3v) is 4.54. The van der Waals surface area contributed by atoms with E-state index in [1.54, 1.807) is 0 Å². The number of rotatable bonds is 4. The van der Waals surface area contributed by atoms with Crippen molar-refractivity contribution >= 4 is 35.6 Å². The number of benzene rings is 1. The van der Waals surface area contributed by atoms with E-state index in [4.69, 9.17) is 0 Å². The van der Waals surface area contributed by atoms with Gasteiger partial charge in [0.25, 0.3) is 0 Å². The third-order valence-electron chi connectivity index (χ3n) is 4.54. The summed E-state index contributed by atoms with van der Waals surface area (Å²) >= 11 is 0. The average Bonchev–Trinajstić information content (AvgIpc) is 3.04. The second-order valence-electron chi connectivity index (χ2n) is 6.57. The Hall–Kier alpha value is -1.77. The molecule has 26 heavy (non-hydrogen) atoms. The van der Waals surface area contributed by atoms with E-state index in [1.165, 1.54) is 16.8 Å². The fourth-order valence-corrected chi connectivity index (χ4v) is 3.20. The summed E-state index contributed by atoms with van der Waals surface area (Å²) in [6.45, 7) is 9.87. The number of anilines is 1. The van der Waals surface area contributed by atoms with Gasteiger partial charge in [-0.05, 0) is 37.1 Å². The normalized spacial score (nSPS) is 15.0. The lowest BCUT2D eigenvalue weighted by Gasteiger charge is -2.37. The van der Waals surface area contributed by atoms with Crippen molar-refractivity contribution in [3.63, 3.8) is 0 Å². The van der Waals surface area contributed by atoms with Gasteiger partial charge in [0, 0.05) is 51.7 Å². The molecule has 0 unspecified atom stereocenters. The fourth-order valence-electron chi connectivity index (χ4n) is 3.20. The number of guanidine groups is 1. The third kappa shape index (κ3) is 5.36. The largest absolute Gasteiger partial charge is 0.368 e. The van der Waals surface area contributed by atoms with Crippen LogP contribution in [0.5, 0.6) is 0 Å². The lowest BCUT2D eigenvalue weighted by atomic mass is 10.2. The van der Waals surface area contributed by atoms with Crippen molar-refractivity contribution in [3.8, 4) is 0 Å². The maximum absolute atomic E-state index is 4.44. The molecule has 3 rings (SSSR count). The van der Waals surface area contributed by atoms with Gasteiger partial charge < -0.3 is 15.1 Å². The molecule has 0 bridgehead atoms. The van der Waals surface area contributed by atoms with E-state index in [0.717, 1.165) is 45.2 Å². The molecule has 2 aromatic rings. The molecule has 0 atom stereocenters. The second-order valence-corrected chi connectivity index (χ2v) is 6.57. The van der Waals surface area contributed by atoms with Crippen molar-refractivity contribution in [1.82, 2.24) is 20.0 Å². The summed E-state index contributed by atoms with van der Waals surface area (Å²) in [4.78, 5) is 9.22. The molecule has 7 heteroatoms. The molecule has 0 amide bonds. The van der Waals surface area contributed by atoms with E-state index in [1.807, 2.05) is 17.9 Å². The van der Waals surface area contributed by atoms with E-state index < -0.39 is 0 Å². The maximum atomic E-state index is 4.44. The predicted octanol–water partition coefficient (Wildman–Crippen LogP) is 2.52. The number of nitrogens with zero attached hydrogens (tertiary/aromatic N) is 5. The van der Waals surface area contributed by atoms with Crippen molar-refractivity contribution < 1.29 is 0 Å². The van der Waals surface area contributed by atoms with Gasteiger partial charge in [-0.1, -0.05) is 12.1 Å². The van der Waals surface area contributed by atoms with Gasteiger partial charge in [0.05, 0.1) is 12.7 Å². The highest BCUT2D eigenvalue weighted by Crippen LogP contribution is 2.17. The molecule has 0 radical (unpaired) electrons. The Bertz CT molecular complexity index is 718. The Balaban J connectivity index is 0.00000243. The van der Waals surface area contributed by atoms with Crippen molar-refractivity contribution in [2.45, 2.75) is 20.4 Å². The molecule has 1 saturated heterocycles. The first-order valence-electron chi connectivity index (χ1n) is 8.92. The number of aromatic nitrogens is 2. The highest BCUT2D eigenvalue weighted by molar-refractivity contribution is 14.0. The first kappa shape index (κ1) is 20.5. The number of nitrogens with one attached hydrogen (secondary N) is 1. The van der Waals surface area contributed by atoms with Gasteiger partial charge in [-0.25, -0.2) is 0 Å². The zero-order valence-corrected chi connectivity index (χ0v) is 18.2. The van der Waals surface area contributed by atoms with Gasteiger partial charge in [0.15, 0.2) is 5.96 Å². The summed E-state index contributed by atoms with van der Waals surface area (Å²) in [6, 6.07) is 8.73. The summed E-state index contributed by atoms with van der Waals surface area (Å²) in [5.74, 6) is 0.979. The van der Waals surface area contributed by atoms with Crippen molar-refractivity contribution in [2.75, 3.05) is 44.7 Å². The van der Waals surface area contributed by atoms with Crippen LogP contribution < -0.4 is 10.2 Å². The highest BCUT2D eigenvalue weighted by Gasteiger charge is 2.19. The molecule has 0 aliphatic carbocycles. The molecule has 1 aliphatic heterocycles. The first-order valence-corrected chi connectivity index (χ1v) is 8.92. The number of hydrogen-bond donors (Lipinski definition) is 1. The van der Waals surface area contributed by atoms with Gasteiger partial charge in [-0.3, -0.25) is 9.67 Å². The van der Waals surface area contributed by atoms with Crippen LogP contribution in [0.2, 0.25) is 0 Å². The minimum atomic E-state index is 0. The van der Waals surface area contributed by atoms with Gasteiger partial charge in [0.2, 0.25) is 0 Å². The highest BCUT2D eigenvalue weighted by atomic mass is 127. The summed E-state index contributed by atoms with van der Waals surface area (Å²) in [5, 5.41) is 7.78. The van der Waals surface area contributed by atoms with Crippen LogP contribution in [-0.2, 0) is 6.54 Å². The van der Waals surface area contributed by atoms with E-state index in [2.05, 4.69) is 69.5 Å². The van der Waals surface area contributed by atoms with Crippen LogP contribution in [0.15, 0.2) is 41.7 Å². The number of aliphatic imine (C=N–C) groups is 1. The molecule has 0 spiro atoms. The molecule has 1 N–H and O–H groups in total. The lowest BCUT2D eigenvalue weighted by Crippen LogP contribution is -2.53. The van der Waals surface area contributed by atoms with Crippen molar-refractivity contribution in [3.05, 3.63) is 47.8 Å². The SMILES string of the molecule is CN=C(NCCn1cc(C)cn1)N1CCN(c2cccc(C)c2)CC1.I. The Morgan fingerprint density at radius 3 is 2.54 bits per heavy atom. The monoisotopic (exact) mass is 468 g/mol. The van der Waals surface area contributed by atoms with Crippen LogP contribution in [0.25, 0.3) is 0 Å². The van der Waals surface area contributed by atoms with E-state index >= 15 is 0 Å². The molecule has 1 aromatic carbocycles. The van der Waals surface area contributed by atoms with Crippen molar-refractivity contribution in [1.29, 1.82) is 0 Å². The van der Waals surface area contributed by atoms with Crippen LogP contribution in [0.4, 0.5) is 5.69 Å². The molecule has 1 aromatic heterocycles. The Kier molecular flexibility index (Phi) is 7.74. The predicted molar refractivity (Wildman–Crippen MR) is 119 cm³/mol. The second kappa shape index (κ2) is 9.80. The smallest absolute Gasteiger partial charge is 0.193 e. The van der Waals surface area contributed by atoms with E-state index in [9.17, 15) is 0 Å². The summed E-state index contributed by atoms with van der Waals surface area (Å²) in [7, 11) is 1.85. The van der Waals surface area contributed by atoms with Crippen LogP contribution in [-0.4, -0.2) is 60.4 Å². The van der Waals surface area contributed by atoms with Crippen LogP contribution in [0.3, 0.4) is 0 Å². The molecule has 2 heterocycles. The Labute approximate surface area is 173 Å². The minimum absolute atomic E-state index is 0. The number of piperazine rings is 1. The first-order chi connectivity index (χ1) is 12.2. The van der Waals surface area contributed by atoms with Gasteiger partial charge in [-0.15, -0.1) is 24.0 Å². The summed E-state index contributed by atoms with van der Waals surface area (Å²) in [5.41, 5.74) is 3.82. The zero-order chi connectivity index (χ0) is 17.6. The molecule has 6 nitrogen and oxygen atoms in total. The van der Waals surface area contributed by atoms with E-state index in [0.29, 0.717) is 0 Å². The zero-order valence-electron chi connectivity index (χ0n) is 15.9. The Morgan fingerprint density at radius 1 is 1.15 bits per heavy atom. The molecular weight excluding hydrogens is 439 g/mol. The summed E-state index contributed by atoms with van der Waals surface area (Å²) in [6.07, 6.45) is 3.95. The molecule has 1 aliphatic rings. The van der Waals surface area contributed by atoms with Crippen LogP contribution in [0.1, 0.15) is 11.1 Å². The molecule has 0 saturated carbocycles. The van der Waals surface area contributed by atoms with Crippen molar-refractivity contribution in [2.24, 2.45) is 4.99 Å². The maximum Gasteiger partial charge on any atom is 0.193 e. The Morgan fingerprint density at radius 2 is 1.92 bits per heavy atom. The van der Waals surface area contributed by atoms with Crippen LogP contribution in [0, 0.1) is 13.8 Å². The fraction of sp³-hybridized carbons (Fsp3) is 0.474. The number of aryl methyl sites for hydroxylation is 2. The topological polar surface area (TPSA) is 48.7 Å². The van der Waals surface area contributed by atoms with Gasteiger partial charge in [-0.2, -0.15) is 5.10 Å². The summed E-state index contributed by atoms with van der Waals surface area (Å²) < 4.78 is 1.96. The quantitative estimate of drug-likeness (QED) is 0.426.